The van der Waals surface area contributed by atoms with Gasteiger partial charge in [-0.15, -0.1) is 10.2 Å². The van der Waals surface area contributed by atoms with Gasteiger partial charge in [0.1, 0.15) is 12.4 Å². The molecule has 4 aromatic rings. The lowest BCUT2D eigenvalue weighted by atomic mass is 10.1. The fourth-order valence-corrected chi connectivity index (χ4v) is 4.85. The molecule has 0 atom stereocenters. The van der Waals surface area contributed by atoms with Crippen molar-refractivity contribution in [2.24, 2.45) is 0 Å². The maximum Gasteiger partial charge on any atom is 0.254 e. The first-order valence-electron chi connectivity index (χ1n) is 13.6. The number of rotatable bonds is 8. The van der Waals surface area contributed by atoms with Crippen LogP contribution in [0.1, 0.15) is 22.3 Å². The quantitative estimate of drug-likeness (QED) is 0.326. The van der Waals surface area contributed by atoms with E-state index in [0.717, 1.165) is 35.6 Å². The molecular formula is C32H32FN5O2. The molecule has 7 nitrogen and oxygen atoms in total. The molecule has 0 unspecified atom stereocenters. The van der Waals surface area contributed by atoms with Crippen LogP contribution >= 0.6 is 0 Å². The van der Waals surface area contributed by atoms with Gasteiger partial charge in [-0.25, -0.2) is 4.39 Å². The molecule has 0 radical (unpaired) electrons. The SMILES string of the molecule is O=C(CN(CCc1ccccc1)C(=O)c1ccc(F)cc1)N1CCCN(c2ccc(-c3ccccc3)nn2)CC1. The first-order chi connectivity index (χ1) is 19.6. The Morgan fingerprint density at radius 1 is 0.775 bits per heavy atom. The summed E-state index contributed by atoms with van der Waals surface area (Å²) in [5.74, 6) is -0.00711. The van der Waals surface area contributed by atoms with Crippen molar-refractivity contribution in [2.45, 2.75) is 12.8 Å². The third kappa shape index (κ3) is 6.88. The Labute approximate surface area is 233 Å². The third-order valence-corrected chi connectivity index (χ3v) is 7.11. The zero-order valence-electron chi connectivity index (χ0n) is 22.3. The average molecular weight is 538 g/mol. The van der Waals surface area contributed by atoms with Crippen LogP contribution in [-0.4, -0.2) is 71.1 Å². The lowest BCUT2D eigenvalue weighted by molar-refractivity contribution is -0.131. The highest BCUT2D eigenvalue weighted by Crippen LogP contribution is 2.19. The summed E-state index contributed by atoms with van der Waals surface area (Å²) in [5.41, 5.74) is 3.28. The predicted molar refractivity (Wildman–Crippen MR) is 153 cm³/mol. The Bertz CT molecular complexity index is 1400. The molecule has 0 aliphatic carbocycles. The zero-order valence-corrected chi connectivity index (χ0v) is 22.3. The van der Waals surface area contributed by atoms with Gasteiger partial charge >= 0.3 is 0 Å². The molecule has 3 aromatic carbocycles. The van der Waals surface area contributed by atoms with Crippen molar-refractivity contribution in [3.63, 3.8) is 0 Å². The molecule has 5 rings (SSSR count). The van der Waals surface area contributed by atoms with Gasteiger partial charge < -0.3 is 14.7 Å². The Kier molecular flexibility index (Phi) is 8.76. The molecule has 0 N–H and O–H groups in total. The maximum atomic E-state index is 13.5. The van der Waals surface area contributed by atoms with Crippen molar-refractivity contribution < 1.29 is 14.0 Å². The summed E-state index contributed by atoms with van der Waals surface area (Å²) in [6.45, 7) is 2.86. The number of amides is 2. The van der Waals surface area contributed by atoms with E-state index in [1.54, 1.807) is 4.90 Å². The minimum absolute atomic E-state index is 0.0331. The van der Waals surface area contributed by atoms with Gasteiger partial charge in [0, 0.05) is 43.9 Å². The van der Waals surface area contributed by atoms with Crippen LogP contribution in [0, 0.1) is 5.82 Å². The van der Waals surface area contributed by atoms with E-state index in [-0.39, 0.29) is 18.4 Å². The van der Waals surface area contributed by atoms with Crippen LogP contribution in [0.2, 0.25) is 0 Å². The topological polar surface area (TPSA) is 69.6 Å². The van der Waals surface area contributed by atoms with Crippen LogP contribution in [0.3, 0.4) is 0 Å². The van der Waals surface area contributed by atoms with Gasteiger partial charge in [0.2, 0.25) is 5.91 Å². The van der Waals surface area contributed by atoms with Crippen LogP contribution in [-0.2, 0) is 11.2 Å². The Hall–Kier alpha value is -4.59. The van der Waals surface area contributed by atoms with Crippen molar-refractivity contribution in [1.82, 2.24) is 20.0 Å². The van der Waals surface area contributed by atoms with Gasteiger partial charge in [-0.05, 0) is 54.8 Å². The average Bonchev–Trinajstić information content (AvgIpc) is 3.27. The first kappa shape index (κ1) is 27.0. The van der Waals surface area contributed by atoms with E-state index < -0.39 is 5.82 Å². The summed E-state index contributed by atoms with van der Waals surface area (Å²) in [4.78, 5) is 32.3. The smallest absolute Gasteiger partial charge is 0.254 e. The van der Waals surface area contributed by atoms with E-state index in [2.05, 4.69) is 15.1 Å². The van der Waals surface area contributed by atoms with Crippen LogP contribution in [0.5, 0.6) is 0 Å². The lowest BCUT2D eigenvalue weighted by Gasteiger charge is -2.27. The van der Waals surface area contributed by atoms with E-state index >= 15 is 0 Å². The number of hydrogen-bond acceptors (Lipinski definition) is 5. The standard InChI is InChI=1S/C32H32FN5O2/c33-28-14-12-27(13-15-28)32(40)38(21-18-25-8-3-1-4-9-25)24-31(39)37-20-7-19-36(22-23-37)30-17-16-29(34-35-30)26-10-5-2-6-11-26/h1-6,8-17H,7,18-24H2. The van der Waals surface area contributed by atoms with Crippen molar-refractivity contribution in [3.8, 4) is 11.3 Å². The van der Waals surface area contributed by atoms with Crippen LogP contribution in [0.15, 0.2) is 97.1 Å². The van der Waals surface area contributed by atoms with Crippen LogP contribution < -0.4 is 4.90 Å². The van der Waals surface area contributed by atoms with Gasteiger partial charge in [0.05, 0.1) is 5.69 Å². The van der Waals surface area contributed by atoms with Gasteiger partial charge in [0.25, 0.3) is 5.91 Å². The van der Waals surface area contributed by atoms with Crippen molar-refractivity contribution in [1.29, 1.82) is 0 Å². The highest BCUT2D eigenvalue weighted by molar-refractivity contribution is 5.96. The molecule has 2 heterocycles. The van der Waals surface area contributed by atoms with Crippen molar-refractivity contribution in [2.75, 3.05) is 44.2 Å². The van der Waals surface area contributed by atoms with E-state index in [9.17, 15) is 14.0 Å². The molecular weight excluding hydrogens is 505 g/mol. The normalized spacial score (nSPS) is 13.5. The van der Waals surface area contributed by atoms with Gasteiger partial charge in [-0.3, -0.25) is 9.59 Å². The third-order valence-electron chi connectivity index (χ3n) is 7.11. The Balaban J connectivity index is 1.23. The summed E-state index contributed by atoms with van der Waals surface area (Å²) >= 11 is 0. The number of aromatic nitrogens is 2. The van der Waals surface area contributed by atoms with E-state index in [4.69, 9.17) is 0 Å². The monoisotopic (exact) mass is 537 g/mol. The summed E-state index contributed by atoms with van der Waals surface area (Å²) in [5, 5.41) is 8.86. The number of hydrogen-bond donors (Lipinski definition) is 0. The van der Waals surface area contributed by atoms with Crippen LogP contribution in [0.4, 0.5) is 10.2 Å². The van der Waals surface area contributed by atoms with E-state index in [1.165, 1.54) is 24.3 Å². The van der Waals surface area contributed by atoms with Crippen molar-refractivity contribution in [3.05, 3.63) is 114 Å². The Morgan fingerprint density at radius 2 is 1.50 bits per heavy atom. The largest absolute Gasteiger partial charge is 0.353 e. The lowest BCUT2D eigenvalue weighted by Crippen LogP contribution is -2.45. The summed E-state index contributed by atoms with van der Waals surface area (Å²) in [6, 6.07) is 29.2. The number of carbonyl (C=O) groups is 2. The molecule has 1 fully saturated rings. The number of benzene rings is 3. The van der Waals surface area contributed by atoms with Gasteiger partial charge in [-0.2, -0.15) is 0 Å². The highest BCUT2D eigenvalue weighted by Gasteiger charge is 2.25. The second-order valence-electron chi connectivity index (χ2n) is 9.83. The fraction of sp³-hybridized carbons (Fsp3) is 0.250. The molecule has 1 aliphatic rings. The predicted octanol–water partition coefficient (Wildman–Crippen LogP) is 4.71. The highest BCUT2D eigenvalue weighted by atomic mass is 19.1. The molecule has 40 heavy (non-hydrogen) atoms. The molecule has 0 saturated carbocycles. The summed E-state index contributed by atoms with van der Waals surface area (Å²) in [7, 11) is 0. The van der Waals surface area contributed by atoms with E-state index in [0.29, 0.717) is 38.2 Å². The second-order valence-corrected chi connectivity index (χ2v) is 9.83. The number of anilines is 1. The molecule has 204 valence electrons. The molecule has 8 heteroatoms. The van der Waals surface area contributed by atoms with E-state index in [1.807, 2.05) is 77.7 Å². The van der Waals surface area contributed by atoms with Gasteiger partial charge in [0.15, 0.2) is 5.82 Å². The van der Waals surface area contributed by atoms with Crippen molar-refractivity contribution >= 4 is 17.6 Å². The second kappa shape index (κ2) is 13.0. The molecule has 0 spiro atoms. The molecule has 1 aromatic heterocycles. The zero-order chi connectivity index (χ0) is 27.7. The number of nitrogens with zero attached hydrogens (tertiary/aromatic N) is 5. The fourth-order valence-electron chi connectivity index (χ4n) is 4.85. The minimum Gasteiger partial charge on any atom is -0.353 e. The van der Waals surface area contributed by atoms with Crippen LogP contribution in [0.25, 0.3) is 11.3 Å². The molecule has 1 saturated heterocycles. The first-order valence-corrected chi connectivity index (χ1v) is 13.6. The number of carbonyl (C=O) groups excluding carboxylic acids is 2. The molecule has 2 amide bonds. The molecule has 0 bridgehead atoms. The Morgan fingerprint density at radius 3 is 2.20 bits per heavy atom. The minimum atomic E-state index is -0.406. The summed E-state index contributed by atoms with van der Waals surface area (Å²) < 4.78 is 13.5. The number of halogens is 1. The van der Waals surface area contributed by atoms with Gasteiger partial charge in [-0.1, -0.05) is 60.7 Å². The summed E-state index contributed by atoms with van der Waals surface area (Å²) in [6.07, 6.45) is 1.40. The molecule has 1 aliphatic heterocycles. The maximum absolute atomic E-state index is 13.5.